The lowest BCUT2D eigenvalue weighted by atomic mass is 10.0. The van der Waals surface area contributed by atoms with Crippen LogP contribution in [0.15, 0.2) is 29.0 Å². The van der Waals surface area contributed by atoms with Gasteiger partial charge in [0.05, 0.1) is 24.9 Å². The molecule has 6 nitrogen and oxygen atoms in total. The molecule has 1 aromatic carbocycles. The van der Waals surface area contributed by atoms with E-state index in [2.05, 4.69) is 20.9 Å². The molecule has 1 unspecified atom stereocenters. The number of ether oxygens (including phenoxy) is 2. The van der Waals surface area contributed by atoms with Crippen LogP contribution < -0.4 is 0 Å². The van der Waals surface area contributed by atoms with Crippen LogP contribution >= 0.6 is 27.5 Å². The maximum absolute atomic E-state index is 12.3. The number of hydrogen-bond donors (Lipinski definition) is 1. The summed E-state index contributed by atoms with van der Waals surface area (Å²) >= 11 is 9.28. The summed E-state index contributed by atoms with van der Waals surface area (Å²) in [5.41, 5.74) is 1.00. The molecule has 1 aromatic heterocycles. The molecule has 0 aliphatic carbocycles. The Labute approximate surface area is 159 Å². The molecule has 8 heteroatoms. The third-order valence-corrected chi connectivity index (χ3v) is 4.48. The van der Waals surface area contributed by atoms with Crippen LogP contribution in [0.1, 0.15) is 47.7 Å². The van der Waals surface area contributed by atoms with Crippen LogP contribution in [0.5, 0.6) is 0 Å². The van der Waals surface area contributed by atoms with Crippen LogP contribution in [0.2, 0.25) is 5.02 Å². The summed E-state index contributed by atoms with van der Waals surface area (Å²) in [6, 6.07) is 6.60. The fourth-order valence-corrected chi connectivity index (χ4v) is 3.41. The third-order valence-electron chi connectivity index (χ3n) is 3.67. The zero-order chi connectivity index (χ0) is 18.6. The van der Waals surface area contributed by atoms with E-state index in [4.69, 9.17) is 21.1 Å². The molecule has 0 amide bonds. The maximum atomic E-state index is 12.3. The van der Waals surface area contributed by atoms with Crippen LogP contribution in [0.25, 0.3) is 0 Å². The number of esters is 1. The second-order valence-corrected chi connectivity index (χ2v) is 6.61. The molecule has 0 radical (unpaired) electrons. The van der Waals surface area contributed by atoms with E-state index in [1.807, 2.05) is 6.92 Å². The van der Waals surface area contributed by atoms with Gasteiger partial charge >= 0.3 is 5.97 Å². The summed E-state index contributed by atoms with van der Waals surface area (Å²) in [5, 5.41) is 11.5. The van der Waals surface area contributed by atoms with Crippen LogP contribution in [-0.2, 0) is 9.47 Å². The number of carbonyl (C=O) groups is 1. The van der Waals surface area contributed by atoms with Crippen LogP contribution in [0.4, 0.5) is 0 Å². The van der Waals surface area contributed by atoms with Crippen molar-refractivity contribution in [1.29, 1.82) is 0 Å². The largest absolute Gasteiger partial charge is 0.461 e. The Morgan fingerprint density at radius 2 is 2.04 bits per heavy atom. The van der Waals surface area contributed by atoms with E-state index >= 15 is 0 Å². The molecular weight excluding hydrogens is 412 g/mol. The number of carbonyl (C=O) groups excluding carboxylic acids is 1. The third kappa shape index (κ3) is 4.41. The second-order valence-electron chi connectivity index (χ2n) is 5.46. The van der Waals surface area contributed by atoms with E-state index in [0.717, 1.165) is 0 Å². The zero-order valence-electron chi connectivity index (χ0n) is 14.2. The SMILES string of the molecule is CCOC(=O)c1nc(Br)n([C@@H](C)COC)c1C(O)c1ccc(Cl)cc1. The fourth-order valence-electron chi connectivity index (χ4n) is 2.57. The Balaban J connectivity index is 2.57. The number of nitrogens with zero attached hydrogens (tertiary/aromatic N) is 2. The van der Waals surface area contributed by atoms with Gasteiger partial charge in [0.1, 0.15) is 6.10 Å². The number of hydrogen-bond acceptors (Lipinski definition) is 5. The average molecular weight is 432 g/mol. The summed E-state index contributed by atoms with van der Waals surface area (Å²) in [6.45, 7) is 4.22. The van der Waals surface area contributed by atoms with Gasteiger partial charge in [0.25, 0.3) is 0 Å². The number of aliphatic hydroxyl groups excluding tert-OH is 1. The average Bonchev–Trinajstić information content (AvgIpc) is 2.93. The first-order valence-corrected chi connectivity index (χ1v) is 8.95. The van der Waals surface area contributed by atoms with E-state index in [9.17, 15) is 9.90 Å². The van der Waals surface area contributed by atoms with Gasteiger partial charge in [-0.05, 0) is 47.5 Å². The van der Waals surface area contributed by atoms with Crippen molar-refractivity contribution < 1.29 is 19.4 Å². The lowest BCUT2D eigenvalue weighted by molar-refractivity contribution is 0.0513. The topological polar surface area (TPSA) is 73.6 Å². The van der Waals surface area contributed by atoms with E-state index < -0.39 is 12.1 Å². The predicted octanol–water partition coefficient (Wildman–Crippen LogP) is 3.76. The Hall–Kier alpha value is -1.41. The Kier molecular flexibility index (Phi) is 7.01. The quantitative estimate of drug-likeness (QED) is 0.676. The highest BCUT2D eigenvalue weighted by Gasteiger charge is 2.30. The standard InChI is InChI=1S/C17H20BrClN2O4/c1-4-25-16(23)13-14(15(22)11-5-7-12(19)8-6-11)21(17(18)20-13)10(2)9-24-3/h5-8,10,15,22H,4,9H2,1-3H3/t10-,15?/m0/s1. The van der Waals surface area contributed by atoms with E-state index in [-0.39, 0.29) is 18.3 Å². The van der Waals surface area contributed by atoms with Gasteiger partial charge in [-0.2, -0.15) is 0 Å². The molecule has 0 spiro atoms. The highest BCUT2D eigenvalue weighted by atomic mass is 79.9. The summed E-state index contributed by atoms with van der Waals surface area (Å²) < 4.78 is 12.4. The Morgan fingerprint density at radius 3 is 2.60 bits per heavy atom. The van der Waals surface area contributed by atoms with Gasteiger partial charge < -0.3 is 19.1 Å². The minimum atomic E-state index is -1.07. The number of rotatable bonds is 7. The lowest BCUT2D eigenvalue weighted by Crippen LogP contribution is -2.19. The van der Waals surface area contributed by atoms with Crippen LogP contribution in [-0.4, -0.2) is 41.0 Å². The molecule has 2 rings (SSSR count). The van der Waals surface area contributed by atoms with Crippen molar-refractivity contribution in [3.63, 3.8) is 0 Å². The van der Waals surface area contributed by atoms with Gasteiger partial charge in [0, 0.05) is 12.1 Å². The molecule has 1 N–H and O–H groups in total. The van der Waals surface area contributed by atoms with Gasteiger partial charge in [-0.1, -0.05) is 23.7 Å². The summed E-state index contributed by atoms with van der Waals surface area (Å²) in [7, 11) is 1.59. The number of aliphatic hydroxyl groups is 1. The van der Waals surface area contributed by atoms with Gasteiger partial charge in [-0.3, -0.25) is 0 Å². The molecule has 0 bridgehead atoms. The highest BCUT2D eigenvalue weighted by molar-refractivity contribution is 9.10. The van der Waals surface area contributed by atoms with Crippen molar-refractivity contribution >= 4 is 33.5 Å². The number of aromatic nitrogens is 2. The summed E-state index contributed by atoms with van der Waals surface area (Å²) in [4.78, 5) is 16.6. The first-order chi connectivity index (χ1) is 11.9. The predicted molar refractivity (Wildman–Crippen MR) is 98.0 cm³/mol. The molecule has 0 aliphatic rings. The number of halogens is 2. The van der Waals surface area contributed by atoms with Crippen LogP contribution in [0, 0.1) is 0 Å². The molecule has 2 atom stereocenters. The first-order valence-electron chi connectivity index (χ1n) is 7.77. The Morgan fingerprint density at radius 1 is 1.40 bits per heavy atom. The van der Waals surface area contributed by atoms with Gasteiger partial charge in [0.15, 0.2) is 10.4 Å². The van der Waals surface area contributed by atoms with E-state index in [0.29, 0.717) is 27.6 Å². The van der Waals surface area contributed by atoms with Crippen molar-refractivity contribution in [2.45, 2.75) is 26.0 Å². The van der Waals surface area contributed by atoms with Crippen molar-refractivity contribution in [3.05, 3.63) is 51.0 Å². The minimum Gasteiger partial charge on any atom is -0.461 e. The maximum Gasteiger partial charge on any atom is 0.358 e. The highest BCUT2D eigenvalue weighted by Crippen LogP contribution is 2.32. The van der Waals surface area contributed by atoms with Crippen molar-refractivity contribution in [1.82, 2.24) is 9.55 Å². The molecule has 2 aromatic rings. The monoisotopic (exact) mass is 430 g/mol. The molecule has 25 heavy (non-hydrogen) atoms. The molecule has 0 fully saturated rings. The van der Waals surface area contributed by atoms with Gasteiger partial charge in [0.2, 0.25) is 0 Å². The lowest BCUT2D eigenvalue weighted by Gasteiger charge is -2.21. The zero-order valence-corrected chi connectivity index (χ0v) is 16.5. The number of imidazole rings is 1. The minimum absolute atomic E-state index is 0.0686. The molecule has 0 saturated carbocycles. The molecule has 0 saturated heterocycles. The van der Waals surface area contributed by atoms with Gasteiger partial charge in [-0.25, -0.2) is 9.78 Å². The second kappa shape index (κ2) is 8.80. The molecule has 0 aliphatic heterocycles. The van der Waals surface area contributed by atoms with E-state index in [1.54, 1.807) is 42.9 Å². The molecular formula is C17H20BrClN2O4. The molecule has 1 heterocycles. The van der Waals surface area contributed by atoms with E-state index in [1.165, 1.54) is 0 Å². The van der Waals surface area contributed by atoms with Crippen molar-refractivity contribution in [2.75, 3.05) is 20.3 Å². The van der Waals surface area contributed by atoms with Gasteiger partial charge in [-0.15, -0.1) is 0 Å². The summed E-state index contributed by atoms with van der Waals surface area (Å²) in [6.07, 6.45) is -1.07. The van der Waals surface area contributed by atoms with Crippen LogP contribution in [0.3, 0.4) is 0 Å². The van der Waals surface area contributed by atoms with Crippen molar-refractivity contribution in [2.24, 2.45) is 0 Å². The normalized spacial score (nSPS) is 13.5. The number of methoxy groups -OCH3 is 1. The Bertz CT molecular complexity index is 733. The number of benzene rings is 1. The first kappa shape index (κ1) is 19.9. The molecule has 136 valence electrons. The fraction of sp³-hybridized carbons (Fsp3) is 0.412. The smallest absolute Gasteiger partial charge is 0.358 e. The van der Waals surface area contributed by atoms with Crippen molar-refractivity contribution in [3.8, 4) is 0 Å². The summed E-state index contributed by atoms with van der Waals surface area (Å²) in [5.74, 6) is -0.588.